The third kappa shape index (κ3) is 4.02. The second-order valence-corrected chi connectivity index (χ2v) is 8.69. The third-order valence-electron chi connectivity index (χ3n) is 6.80. The van der Waals surface area contributed by atoms with Crippen LogP contribution >= 0.6 is 0 Å². The number of alkyl halides is 3. The predicted molar refractivity (Wildman–Crippen MR) is 112 cm³/mol. The van der Waals surface area contributed by atoms with Gasteiger partial charge in [0.05, 0.1) is 17.8 Å². The first-order valence-electron chi connectivity index (χ1n) is 10.9. The minimum absolute atomic E-state index is 0.0580. The normalized spacial score (nSPS) is 25.0. The average Bonchev–Trinajstić information content (AvgIpc) is 3.10. The number of aromatic nitrogens is 3. The van der Waals surface area contributed by atoms with Crippen molar-refractivity contribution in [2.45, 2.75) is 38.6 Å². The summed E-state index contributed by atoms with van der Waals surface area (Å²) in [7, 11) is 0. The standard InChI is InChI=1S/C23H22F4N4O2/c1-2-14(22(32)30-20-6-8-29-31(20)23(25,26)27)21-15-10-13(11-16(15)21)33-19-5-7-28-18-4-3-12(24)9-17(18)19/h3-9,13-16,21H,2,10-11H2,1H3,(H,30,32)/t13?,14?,15-,16+,21?. The molecule has 2 fully saturated rings. The molecule has 0 spiro atoms. The van der Waals surface area contributed by atoms with Crippen molar-refractivity contribution < 1.29 is 27.1 Å². The van der Waals surface area contributed by atoms with Crippen molar-refractivity contribution in [2.24, 2.45) is 23.7 Å². The van der Waals surface area contributed by atoms with Gasteiger partial charge >= 0.3 is 6.30 Å². The van der Waals surface area contributed by atoms with Gasteiger partial charge in [-0.05, 0) is 61.3 Å². The van der Waals surface area contributed by atoms with Crippen molar-refractivity contribution >= 4 is 22.6 Å². The van der Waals surface area contributed by atoms with Crippen LogP contribution in [0.25, 0.3) is 10.9 Å². The van der Waals surface area contributed by atoms with Crippen LogP contribution in [0.5, 0.6) is 5.75 Å². The number of pyridine rings is 1. The SMILES string of the molecule is CCC(C(=O)Nc1ccnn1C(F)(F)F)C1[C@H]2CC(Oc3ccnc4ccc(F)cc34)C[C@@H]12. The number of rotatable bonds is 6. The maximum atomic E-state index is 13.7. The molecule has 3 unspecified atom stereocenters. The van der Waals surface area contributed by atoms with Crippen LogP contribution in [0.1, 0.15) is 26.2 Å². The molecule has 2 aliphatic carbocycles. The number of amides is 1. The summed E-state index contributed by atoms with van der Waals surface area (Å²) >= 11 is 0. The highest BCUT2D eigenvalue weighted by molar-refractivity contribution is 5.92. The van der Waals surface area contributed by atoms with E-state index < -0.39 is 12.2 Å². The van der Waals surface area contributed by atoms with Gasteiger partial charge in [0.1, 0.15) is 17.4 Å². The summed E-state index contributed by atoms with van der Waals surface area (Å²) in [6, 6.07) is 7.22. The summed E-state index contributed by atoms with van der Waals surface area (Å²) in [4.78, 5) is 17.0. The van der Waals surface area contributed by atoms with Crippen molar-refractivity contribution in [3.8, 4) is 5.75 Å². The molecule has 1 N–H and O–H groups in total. The van der Waals surface area contributed by atoms with E-state index in [1.807, 2.05) is 6.92 Å². The summed E-state index contributed by atoms with van der Waals surface area (Å²) in [5.41, 5.74) is 0.649. The zero-order valence-electron chi connectivity index (χ0n) is 17.7. The summed E-state index contributed by atoms with van der Waals surface area (Å²) in [5, 5.41) is 6.27. The molecular formula is C23H22F4N4O2. The minimum Gasteiger partial charge on any atom is -0.490 e. The van der Waals surface area contributed by atoms with Crippen LogP contribution in [0.2, 0.25) is 0 Å². The van der Waals surface area contributed by atoms with Gasteiger partial charge < -0.3 is 10.1 Å². The molecule has 2 heterocycles. The highest BCUT2D eigenvalue weighted by Crippen LogP contribution is 2.62. The van der Waals surface area contributed by atoms with Gasteiger partial charge in [-0.15, -0.1) is 13.2 Å². The summed E-state index contributed by atoms with van der Waals surface area (Å²) < 4.78 is 58.8. The molecule has 6 nitrogen and oxygen atoms in total. The number of ether oxygens (including phenoxy) is 1. The molecule has 1 amide bonds. The van der Waals surface area contributed by atoms with E-state index in [-0.39, 0.29) is 46.1 Å². The summed E-state index contributed by atoms with van der Waals surface area (Å²) in [5.74, 6) is -0.292. The molecule has 3 aromatic rings. The molecule has 0 aliphatic heterocycles. The number of hydrogen-bond acceptors (Lipinski definition) is 4. The van der Waals surface area contributed by atoms with Crippen LogP contribution in [0.15, 0.2) is 42.7 Å². The van der Waals surface area contributed by atoms with Crippen molar-refractivity contribution in [1.82, 2.24) is 14.8 Å². The van der Waals surface area contributed by atoms with E-state index in [0.29, 0.717) is 23.1 Å². The van der Waals surface area contributed by atoms with Gasteiger partial charge in [-0.2, -0.15) is 9.78 Å². The zero-order chi connectivity index (χ0) is 23.3. The van der Waals surface area contributed by atoms with Gasteiger partial charge in [0, 0.05) is 23.6 Å². The highest BCUT2D eigenvalue weighted by Gasteiger charge is 2.60. The summed E-state index contributed by atoms with van der Waals surface area (Å²) in [6.45, 7) is 1.87. The number of halogens is 4. The Morgan fingerprint density at radius 1 is 1.21 bits per heavy atom. The first-order valence-corrected chi connectivity index (χ1v) is 10.9. The zero-order valence-corrected chi connectivity index (χ0v) is 17.7. The van der Waals surface area contributed by atoms with Gasteiger partial charge in [-0.1, -0.05) is 6.92 Å². The molecule has 2 aliphatic rings. The number of carbonyl (C=O) groups excluding carboxylic acids is 1. The monoisotopic (exact) mass is 462 g/mol. The molecule has 2 saturated carbocycles. The van der Waals surface area contributed by atoms with E-state index in [9.17, 15) is 22.4 Å². The topological polar surface area (TPSA) is 69.0 Å². The van der Waals surface area contributed by atoms with Crippen LogP contribution in [0.3, 0.4) is 0 Å². The Bertz CT molecular complexity index is 1180. The van der Waals surface area contributed by atoms with Crippen LogP contribution < -0.4 is 10.1 Å². The van der Waals surface area contributed by atoms with E-state index in [1.165, 1.54) is 12.1 Å². The fourth-order valence-electron chi connectivity index (χ4n) is 5.36. The number of hydrogen-bond donors (Lipinski definition) is 1. The first kappa shape index (κ1) is 21.7. The van der Waals surface area contributed by atoms with Crippen LogP contribution in [0.4, 0.5) is 23.4 Å². The molecule has 0 radical (unpaired) electrons. The number of nitrogens with zero attached hydrogens (tertiary/aromatic N) is 3. The van der Waals surface area contributed by atoms with E-state index in [4.69, 9.17) is 4.74 Å². The van der Waals surface area contributed by atoms with Crippen LogP contribution in [-0.4, -0.2) is 26.8 Å². The fourth-order valence-corrected chi connectivity index (χ4v) is 5.36. The number of benzene rings is 1. The molecule has 10 heteroatoms. The Morgan fingerprint density at radius 3 is 2.67 bits per heavy atom. The Balaban J connectivity index is 1.23. The maximum absolute atomic E-state index is 13.7. The molecule has 0 saturated heterocycles. The van der Waals surface area contributed by atoms with Gasteiger partial charge in [0.15, 0.2) is 0 Å². The lowest BCUT2D eigenvalue weighted by atomic mass is 9.93. The second kappa shape index (κ2) is 8.00. The number of nitrogens with one attached hydrogen (secondary N) is 1. The largest absolute Gasteiger partial charge is 0.506 e. The Hall–Kier alpha value is -3.17. The lowest BCUT2D eigenvalue weighted by molar-refractivity contribution is -0.210. The first-order chi connectivity index (χ1) is 15.8. The molecule has 5 atom stereocenters. The fraction of sp³-hybridized carbons (Fsp3) is 0.435. The lowest BCUT2D eigenvalue weighted by Crippen LogP contribution is -2.30. The van der Waals surface area contributed by atoms with Crippen LogP contribution in [0, 0.1) is 29.5 Å². The predicted octanol–water partition coefficient (Wildman–Crippen LogP) is 5.12. The molecule has 0 bridgehead atoms. The quantitative estimate of drug-likeness (QED) is 0.517. The molecule has 1 aromatic carbocycles. The molecule has 2 aromatic heterocycles. The van der Waals surface area contributed by atoms with E-state index in [0.717, 1.165) is 25.1 Å². The Kier molecular flexibility index (Phi) is 5.25. The third-order valence-corrected chi connectivity index (χ3v) is 6.80. The molecule has 174 valence electrons. The van der Waals surface area contributed by atoms with E-state index in [1.54, 1.807) is 18.3 Å². The van der Waals surface area contributed by atoms with Crippen molar-refractivity contribution in [3.63, 3.8) is 0 Å². The summed E-state index contributed by atoms with van der Waals surface area (Å²) in [6.07, 6.45) is -0.101. The number of fused-ring (bicyclic) bond motifs is 2. The van der Waals surface area contributed by atoms with Crippen molar-refractivity contribution in [1.29, 1.82) is 0 Å². The van der Waals surface area contributed by atoms with Crippen molar-refractivity contribution in [2.75, 3.05) is 5.32 Å². The smallest absolute Gasteiger partial charge is 0.490 e. The van der Waals surface area contributed by atoms with Crippen molar-refractivity contribution in [3.05, 3.63) is 48.5 Å². The van der Waals surface area contributed by atoms with E-state index in [2.05, 4.69) is 15.4 Å². The van der Waals surface area contributed by atoms with Gasteiger partial charge in [0.2, 0.25) is 5.91 Å². The molecular weight excluding hydrogens is 440 g/mol. The highest BCUT2D eigenvalue weighted by atomic mass is 19.4. The number of anilines is 1. The van der Waals surface area contributed by atoms with E-state index >= 15 is 0 Å². The maximum Gasteiger partial charge on any atom is 0.506 e. The van der Waals surface area contributed by atoms with Gasteiger partial charge in [-0.25, -0.2) is 4.39 Å². The average molecular weight is 462 g/mol. The molecule has 33 heavy (non-hydrogen) atoms. The Labute approximate surface area is 186 Å². The van der Waals surface area contributed by atoms with Gasteiger partial charge in [-0.3, -0.25) is 9.78 Å². The second-order valence-electron chi connectivity index (χ2n) is 8.69. The molecule has 5 rings (SSSR count). The van der Waals surface area contributed by atoms with Gasteiger partial charge in [0.25, 0.3) is 0 Å². The van der Waals surface area contributed by atoms with Crippen LogP contribution in [-0.2, 0) is 11.1 Å². The lowest BCUT2D eigenvalue weighted by Gasteiger charge is -2.21. The Morgan fingerprint density at radius 2 is 1.97 bits per heavy atom. The minimum atomic E-state index is -4.70. The number of carbonyl (C=O) groups is 1.